The first kappa shape index (κ1) is 15.7. The number of nitrogens with zero attached hydrogens (tertiary/aromatic N) is 4. The van der Waals surface area contributed by atoms with Crippen LogP contribution in [0, 0.1) is 0 Å². The van der Waals surface area contributed by atoms with E-state index in [1.165, 1.54) is 5.56 Å². The predicted octanol–water partition coefficient (Wildman–Crippen LogP) is 2.62. The second-order valence-electron chi connectivity index (χ2n) is 6.29. The van der Waals surface area contributed by atoms with Gasteiger partial charge in [0.25, 0.3) is 0 Å². The molecule has 0 bridgehead atoms. The van der Waals surface area contributed by atoms with Crippen LogP contribution in [0.4, 0.5) is 11.8 Å². The van der Waals surface area contributed by atoms with Crippen LogP contribution < -0.4 is 10.2 Å². The van der Waals surface area contributed by atoms with E-state index in [0.717, 1.165) is 38.5 Å². The second kappa shape index (κ2) is 7.42. The third-order valence-electron chi connectivity index (χ3n) is 4.00. The van der Waals surface area contributed by atoms with Crippen molar-refractivity contribution in [1.29, 1.82) is 0 Å². The van der Waals surface area contributed by atoms with Crippen LogP contribution in [0.2, 0.25) is 0 Å². The molecule has 2 aromatic rings. The first-order valence-electron chi connectivity index (χ1n) is 8.31. The van der Waals surface area contributed by atoms with E-state index in [1.807, 2.05) is 12.3 Å². The highest BCUT2D eigenvalue weighted by molar-refractivity contribution is 5.43. The lowest BCUT2D eigenvalue weighted by atomic mass is 10.2. The van der Waals surface area contributed by atoms with Gasteiger partial charge in [-0.15, -0.1) is 0 Å². The van der Waals surface area contributed by atoms with Crippen molar-refractivity contribution in [1.82, 2.24) is 14.9 Å². The highest BCUT2D eigenvalue weighted by Crippen LogP contribution is 2.16. The van der Waals surface area contributed by atoms with Crippen molar-refractivity contribution >= 4 is 11.8 Å². The summed E-state index contributed by atoms with van der Waals surface area (Å²) in [5.74, 6) is 1.73. The van der Waals surface area contributed by atoms with Crippen molar-refractivity contribution in [3.8, 4) is 0 Å². The SMILES string of the molecule is CC(C)Nc1nccc(N2CCN(Cc3ccccc3)CC2)n1. The van der Waals surface area contributed by atoms with Gasteiger partial charge in [-0.05, 0) is 25.5 Å². The van der Waals surface area contributed by atoms with Crippen molar-refractivity contribution in [2.75, 3.05) is 36.4 Å². The Morgan fingerprint density at radius 2 is 1.78 bits per heavy atom. The molecule has 1 saturated heterocycles. The molecule has 1 N–H and O–H groups in total. The fourth-order valence-corrected chi connectivity index (χ4v) is 2.83. The normalized spacial score (nSPS) is 15.9. The van der Waals surface area contributed by atoms with E-state index in [2.05, 4.69) is 69.3 Å². The molecule has 1 aliphatic heterocycles. The van der Waals surface area contributed by atoms with Crippen LogP contribution in [0.15, 0.2) is 42.6 Å². The van der Waals surface area contributed by atoms with E-state index in [9.17, 15) is 0 Å². The van der Waals surface area contributed by atoms with Crippen molar-refractivity contribution in [3.63, 3.8) is 0 Å². The van der Waals surface area contributed by atoms with Crippen molar-refractivity contribution in [2.45, 2.75) is 26.4 Å². The molecule has 0 radical (unpaired) electrons. The molecule has 0 atom stereocenters. The topological polar surface area (TPSA) is 44.3 Å². The average Bonchev–Trinajstić information content (AvgIpc) is 2.56. The molecule has 5 heteroatoms. The molecule has 3 rings (SSSR count). The monoisotopic (exact) mass is 311 g/mol. The van der Waals surface area contributed by atoms with Gasteiger partial charge in [-0.2, -0.15) is 4.98 Å². The van der Waals surface area contributed by atoms with Crippen molar-refractivity contribution in [3.05, 3.63) is 48.2 Å². The van der Waals surface area contributed by atoms with Gasteiger partial charge in [0.05, 0.1) is 0 Å². The van der Waals surface area contributed by atoms with Gasteiger partial charge < -0.3 is 10.2 Å². The average molecular weight is 311 g/mol. The van der Waals surface area contributed by atoms with E-state index in [0.29, 0.717) is 12.0 Å². The molecule has 5 nitrogen and oxygen atoms in total. The Morgan fingerprint density at radius 3 is 2.48 bits per heavy atom. The Labute approximate surface area is 138 Å². The molecule has 0 aliphatic carbocycles. The molecule has 1 aromatic heterocycles. The van der Waals surface area contributed by atoms with Crippen LogP contribution in [0.25, 0.3) is 0 Å². The van der Waals surface area contributed by atoms with E-state index in [1.54, 1.807) is 0 Å². The maximum atomic E-state index is 4.63. The highest BCUT2D eigenvalue weighted by Gasteiger charge is 2.18. The summed E-state index contributed by atoms with van der Waals surface area (Å²) in [5.41, 5.74) is 1.38. The molecule has 1 aromatic carbocycles. The summed E-state index contributed by atoms with van der Waals surface area (Å²) in [6.07, 6.45) is 1.84. The molecule has 1 fully saturated rings. The number of hydrogen-bond donors (Lipinski definition) is 1. The van der Waals surface area contributed by atoms with Gasteiger partial charge in [0.2, 0.25) is 5.95 Å². The molecule has 1 aliphatic rings. The number of benzene rings is 1. The third-order valence-corrected chi connectivity index (χ3v) is 4.00. The van der Waals surface area contributed by atoms with Gasteiger partial charge in [-0.3, -0.25) is 4.90 Å². The number of aromatic nitrogens is 2. The first-order chi connectivity index (χ1) is 11.2. The Morgan fingerprint density at radius 1 is 1.04 bits per heavy atom. The van der Waals surface area contributed by atoms with E-state index < -0.39 is 0 Å². The minimum Gasteiger partial charge on any atom is -0.354 e. The molecule has 0 unspecified atom stereocenters. The van der Waals surface area contributed by atoms with E-state index in [4.69, 9.17) is 0 Å². The summed E-state index contributed by atoms with van der Waals surface area (Å²) in [6, 6.07) is 13.0. The molecule has 0 saturated carbocycles. The second-order valence-corrected chi connectivity index (χ2v) is 6.29. The Kier molecular flexibility index (Phi) is 5.08. The summed E-state index contributed by atoms with van der Waals surface area (Å²) < 4.78 is 0. The van der Waals surface area contributed by atoms with Crippen LogP contribution in [0.5, 0.6) is 0 Å². The maximum Gasteiger partial charge on any atom is 0.224 e. The fraction of sp³-hybridized carbons (Fsp3) is 0.444. The Hall–Kier alpha value is -2.14. The summed E-state index contributed by atoms with van der Waals surface area (Å²) >= 11 is 0. The van der Waals surface area contributed by atoms with Crippen LogP contribution in [0.3, 0.4) is 0 Å². The third kappa shape index (κ3) is 4.42. The van der Waals surface area contributed by atoms with Gasteiger partial charge in [0.1, 0.15) is 5.82 Å². The molecule has 2 heterocycles. The number of nitrogens with one attached hydrogen (secondary N) is 1. The quantitative estimate of drug-likeness (QED) is 0.919. The number of anilines is 2. The standard InChI is InChI=1S/C18H25N5/c1-15(2)20-18-19-9-8-17(21-18)23-12-10-22(11-13-23)14-16-6-4-3-5-7-16/h3-9,15H,10-14H2,1-2H3,(H,19,20,21). The summed E-state index contributed by atoms with van der Waals surface area (Å²) in [7, 11) is 0. The summed E-state index contributed by atoms with van der Waals surface area (Å²) in [4.78, 5) is 13.8. The van der Waals surface area contributed by atoms with Crippen LogP contribution in [-0.2, 0) is 6.54 Å². The molecule has 0 amide bonds. The van der Waals surface area contributed by atoms with Crippen molar-refractivity contribution in [2.24, 2.45) is 0 Å². The van der Waals surface area contributed by atoms with Gasteiger partial charge in [-0.1, -0.05) is 30.3 Å². The largest absolute Gasteiger partial charge is 0.354 e. The zero-order valence-electron chi connectivity index (χ0n) is 13.9. The van der Waals surface area contributed by atoms with Gasteiger partial charge in [0.15, 0.2) is 0 Å². The lowest BCUT2D eigenvalue weighted by Gasteiger charge is -2.35. The van der Waals surface area contributed by atoms with Gasteiger partial charge >= 0.3 is 0 Å². The van der Waals surface area contributed by atoms with Crippen LogP contribution in [0.1, 0.15) is 19.4 Å². The van der Waals surface area contributed by atoms with Gasteiger partial charge in [0, 0.05) is 45.0 Å². The fourth-order valence-electron chi connectivity index (χ4n) is 2.83. The van der Waals surface area contributed by atoms with Crippen LogP contribution >= 0.6 is 0 Å². The molecular weight excluding hydrogens is 286 g/mol. The smallest absolute Gasteiger partial charge is 0.224 e. The van der Waals surface area contributed by atoms with Crippen LogP contribution in [-0.4, -0.2) is 47.1 Å². The minimum atomic E-state index is 0.341. The first-order valence-corrected chi connectivity index (χ1v) is 8.31. The number of rotatable bonds is 5. The zero-order chi connectivity index (χ0) is 16.1. The predicted molar refractivity (Wildman–Crippen MR) is 94.7 cm³/mol. The van der Waals surface area contributed by atoms with E-state index >= 15 is 0 Å². The molecular formula is C18H25N5. The van der Waals surface area contributed by atoms with Gasteiger partial charge in [-0.25, -0.2) is 4.98 Å². The van der Waals surface area contributed by atoms with Crippen molar-refractivity contribution < 1.29 is 0 Å². The number of piperazine rings is 1. The summed E-state index contributed by atoms with van der Waals surface area (Å²) in [5, 5.41) is 3.27. The zero-order valence-corrected chi connectivity index (χ0v) is 13.9. The highest BCUT2D eigenvalue weighted by atomic mass is 15.3. The minimum absolute atomic E-state index is 0.341. The molecule has 23 heavy (non-hydrogen) atoms. The summed E-state index contributed by atoms with van der Waals surface area (Å²) in [6.45, 7) is 9.35. The lowest BCUT2D eigenvalue weighted by Crippen LogP contribution is -2.46. The number of hydrogen-bond acceptors (Lipinski definition) is 5. The Balaban J connectivity index is 1.56. The Bertz CT molecular complexity index is 606. The lowest BCUT2D eigenvalue weighted by molar-refractivity contribution is 0.249. The molecule has 0 spiro atoms. The molecule has 122 valence electrons. The van der Waals surface area contributed by atoms with E-state index in [-0.39, 0.29) is 0 Å². The maximum absolute atomic E-state index is 4.63.